The first-order chi connectivity index (χ1) is 8.58. The fraction of sp³-hybridized carbons (Fsp3) is 0.500. The lowest BCUT2D eigenvalue weighted by Crippen LogP contribution is -2.27. The van der Waals surface area contributed by atoms with Crippen molar-refractivity contribution in [3.63, 3.8) is 0 Å². The van der Waals surface area contributed by atoms with Crippen LogP contribution >= 0.6 is 11.3 Å². The lowest BCUT2D eigenvalue weighted by molar-refractivity contribution is 0.546. The first-order valence-corrected chi connectivity index (χ1v) is 7.20. The van der Waals surface area contributed by atoms with E-state index in [1.165, 1.54) is 16.1 Å². The second-order valence-electron chi connectivity index (χ2n) is 4.84. The van der Waals surface area contributed by atoms with E-state index in [0.29, 0.717) is 6.04 Å². The fourth-order valence-corrected chi connectivity index (χ4v) is 2.99. The van der Waals surface area contributed by atoms with Crippen LogP contribution in [0.1, 0.15) is 28.8 Å². The molecule has 1 N–H and O–H groups in total. The van der Waals surface area contributed by atoms with Crippen LogP contribution in [0, 0.1) is 13.8 Å². The van der Waals surface area contributed by atoms with Gasteiger partial charge in [0.1, 0.15) is 0 Å². The third kappa shape index (κ3) is 3.00. The Morgan fingerprint density at radius 3 is 2.78 bits per heavy atom. The number of rotatable bonds is 5. The van der Waals surface area contributed by atoms with Gasteiger partial charge in [0.15, 0.2) is 0 Å². The first kappa shape index (κ1) is 13.3. The molecule has 0 aliphatic carbocycles. The molecule has 0 aliphatic rings. The summed E-state index contributed by atoms with van der Waals surface area (Å²) in [6.45, 7) is 7.34. The molecule has 0 saturated carbocycles. The van der Waals surface area contributed by atoms with Crippen molar-refractivity contribution in [2.75, 3.05) is 0 Å². The molecule has 0 aromatic carbocycles. The fourth-order valence-electron chi connectivity index (χ4n) is 2.15. The van der Waals surface area contributed by atoms with E-state index in [1.54, 1.807) is 0 Å². The third-order valence-corrected chi connectivity index (χ3v) is 4.27. The summed E-state index contributed by atoms with van der Waals surface area (Å²) in [5.74, 6) is 0. The van der Waals surface area contributed by atoms with E-state index in [9.17, 15) is 0 Å². The smallest absolute Gasteiger partial charge is 0.0641 e. The van der Waals surface area contributed by atoms with E-state index in [-0.39, 0.29) is 0 Å². The van der Waals surface area contributed by atoms with Crippen molar-refractivity contribution in [3.05, 3.63) is 39.3 Å². The highest BCUT2D eigenvalue weighted by Crippen LogP contribution is 2.14. The number of nitrogens with one attached hydrogen (secondary N) is 1. The summed E-state index contributed by atoms with van der Waals surface area (Å²) in [6, 6.07) is 4.80. The number of thiophene rings is 1. The maximum Gasteiger partial charge on any atom is 0.0641 e. The summed E-state index contributed by atoms with van der Waals surface area (Å²) < 4.78 is 1.95. The van der Waals surface area contributed by atoms with Gasteiger partial charge in [0.25, 0.3) is 0 Å². The van der Waals surface area contributed by atoms with Gasteiger partial charge >= 0.3 is 0 Å². The lowest BCUT2D eigenvalue weighted by Gasteiger charge is -2.13. The average Bonchev–Trinajstić information content (AvgIpc) is 2.88. The average molecular weight is 263 g/mol. The summed E-state index contributed by atoms with van der Waals surface area (Å²) >= 11 is 1.83. The van der Waals surface area contributed by atoms with E-state index in [1.807, 2.05) is 23.1 Å². The maximum atomic E-state index is 4.44. The quantitative estimate of drug-likeness (QED) is 0.899. The molecule has 0 spiro atoms. The van der Waals surface area contributed by atoms with Crippen molar-refractivity contribution in [3.8, 4) is 0 Å². The standard InChI is InChI=1S/C14H21N3S/c1-10(8-13-6-5-7-18-13)15-9-14-11(2)16-17(4)12(14)3/h5-7,10,15H,8-9H2,1-4H3. The zero-order chi connectivity index (χ0) is 13.1. The van der Waals surface area contributed by atoms with Crippen molar-refractivity contribution in [1.29, 1.82) is 0 Å². The molecule has 4 heteroatoms. The molecular formula is C14H21N3S. The van der Waals surface area contributed by atoms with Gasteiger partial charge in [-0.15, -0.1) is 11.3 Å². The molecule has 2 aromatic heterocycles. The van der Waals surface area contributed by atoms with E-state index in [2.05, 4.69) is 48.7 Å². The van der Waals surface area contributed by atoms with Gasteiger partial charge in [-0.3, -0.25) is 4.68 Å². The molecule has 2 aromatic rings. The van der Waals surface area contributed by atoms with Gasteiger partial charge in [0.2, 0.25) is 0 Å². The molecule has 0 radical (unpaired) electrons. The molecule has 1 unspecified atom stereocenters. The number of nitrogens with zero attached hydrogens (tertiary/aromatic N) is 2. The van der Waals surface area contributed by atoms with Gasteiger partial charge in [-0.25, -0.2) is 0 Å². The highest BCUT2D eigenvalue weighted by atomic mass is 32.1. The predicted molar refractivity (Wildman–Crippen MR) is 77.0 cm³/mol. The Kier molecular flexibility index (Phi) is 4.19. The van der Waals surface area contributed by atoms with E-state index >= 15 is 0 Å². The number of aromatic nitrogens is 2. The van der Waals surface area contributed by atoms with E-state index in [4.69, 9.17) is 0 Å². The van der Waals surface area contributed by atoms with E-state index in [0.717, 1.165) is 18.7 Å². The molecule has 18 heavy (non-hydrogen) atoms. The Balaban J connectivity index is 1.91. The Morgan fingerprint density at radius 2 is 2.22 bits per heavy atom. The number of hydrogen-bond acceptors (Lipinski definition) is 3. The topological polar surface area (TPSA) is 29.9 Å². The van der Waals surface area contributed by atoms with E-state index < -0.39 is 0 Å². The Labute approximate surface area is 113 Å². The second-order valence-corrected chi connectivity index (χ2v) is 5.87. The Hall–Kier alpha value is -1.13. The first-order valence-electron chi connectivity index (χ1n) is 6.32. The minimum Gasteiger partial charge on any atom is -0.310 e. The van der Waals surface area contributed by atoms with Gasteiger partial charge in [0, 0.05) is 35.8 Å². The maximum absolute atomic E-state index is 4.44. The van der Waals surface area contributed by atoms with Crippen LogP contribution in [0.4, 0.5) is 0 Å². The normalized spacial score (nSPS) is 12.9. The monoisotopic (exact) mass is 263 g/mol. The largest absolute Gasteiger partial charge is 0.310 e. The van der Waals surface area contributed by atoms with Crippen LogP contribution in [0.3, 0.4) is 0 Å². The predicted octanol–water partition coefficient (Wildman–Crippen LogP) is 2.82. The van der Waals surface area contributed by atoms with Crippen LogP contribution in [0.25, 0.3) is 0 Å². The minimum absolute atomic E-state index is 0.489. The van der Waals surface area contributed by atoms with Gasteiger partial charge in [-0.1, -0.05) is 6.07 Å². The SMILES string of the molecule is Cc1nn(C)c(C)c1CNC(C)Cc1cccs1. The van der Waals surface area contributed by atoms with Crippen LogP contribution in [0.2, 0.25) is 0 Å². The van der Waals surface area contributed by atoms with Crippen LogP contribution in [0.15, 0.2) is 17.5 Å². The Morgan fingerprint density at radius 1 is 1.44 bits per heavy atom. The zero-order valence-electron chi connectivity index (χ0n) is 11.5. The highest BCUT2D eigenvalue weighted by molar-refractivity contribution is 7.09. The minimum atomic E-state index is 0.489. The summed E-state index contributed by atoms with van der Waals surface area (Å²) in [4.78, 5) is 1.44. The Bertz CT molecular complexity index is 499. The van der Waals surface area contributed by atoms with Crippen LogP contribution in [-0.2, 0) is 20.0 Å². The molecule has 0 fully saturated rings. The molecule has 1 atom stereocenters. The lowest BCUT2D eigenvalue weighted by atomic mass is 10.1. The molecule has 98 valence electrons. The van der Waals surface area contributed by atoms with Gasteiger partial charge in [-0.05, 0) is 38.6 Å². The number of hydrogen-bond donors (Lipinski definition) is 1. The van der Waals surface area contributed by atoms with Crippen LogP contribution < -0.4 is 5.32 Å². The summed E-state index contributed by atoms with van der Waals surface area (Å²) in [5.41, 5.74) is 3.71. The molecule has 0 aliphatic heterocycles. The summed E-state index contributed by atoms with van der Waals surface area (Å²) in [7, 11) is 2.00. The third-order valence-electron chi connectivity index (χ3n) is 3.37. The van der Waals surface area contributed by atoms with Crippen molar-refractivity contribution < 1.29 is 0 Å². The van der Waals surface area contributed by atoms with Crippen molar-refractivity contribution in [1.82, 2.24) is 15.1 Å². The summed E-state index contributed by atoms with van der Waals surface area (Å²) in [6.07, 6.45) is 1.09. The molecule has 2 rings (SSSR count). The second kappa shape index (κ2) is 5.67. The van der Waals surface area contributed by atoms with Gasteiger partial charge in [-0.2, -0.15) is 5.10 Å². The van der Waals surface area contributed by atoms with Crippen molar-refractivity contribution >= 4 is 11.3 Å². The van der Waals surface area contributed by atoms with Crippen molar-refractivity contribution in [2.24, 2.45) is 7.05 Å². The van der Waals surface area contributed by atoms with Crippen molar-refractivity contribution in [2.45, 2.75) is 39.8 Å². The molecule has 2 heterocycles. The van der Waals surface area contributed by atoms with Gasteiger partial charge in [0.05, 0.1) is 5.69 Å². The van der Waals surface area contributed by atoms with Crippen LogP contribution in [-0.4, -0.2) is 15.8 Å². The molecule has 0 bridgehead atoms. The van der Waals surface area contributed by atoms with Gasteiger partial charge < -0.3 is 5.32 Å². The molecular weight excluding hydrogens is 242 g/mol. The number of aryl methyl sites for hydroxylation is 2. The molecule has 3 nitrogen and oxygen atoms in total. The van der Waals surface area contributed by atoms with Crippen LogP contribution in [0.5, 0.6) is 0 Å². The zero-order valence-corrected chi connectivity index (χ0v) is 12.3. The molecule has 0 saturated heterocycles. The highest BCUT2D eigenvalue weighted by Gasteiger charge is 2.10. The summed E-state index contributed by atoms with van der Waals surface area (Å²) in [5, 5.41) is 10.2. The molecule has 0 amide bonds.